The average molecular weight is 336 g/mol. The highest BCUT2D eigenvalue weighted by Crippen LogP contribution is 2.34. The van der Waals surface area contributed by atoms with Gasteiger partial charge >= 0.3 is 0 Å². The van der Waals surface area contributed by atoms with Crippen LogP contribution in [-0.4, -0.2) is 36.6 Å². The maximum Gasteiger partial charge on any atom is 0.0643 e. The Morgan fingerprint density at radius 3 is 2.75 bits per heavy atom. The van der Waals surface area contributed by atoms with E-state index in [4.69, 9.17) is 5.26 Å². The van der Waals surface area contributed by atoms with Gasteiger partial charge in [0.25, 0.3) is 0 Å². The van der Waals surface area contributed by atoms with Crippen LogP contribution in [0.2, 0.25) is 0 Å². The molecule has 0 bridgehead atoms. The summed E-state index contributed by atoms with van der Waals surface area (Å²) in [6, 6.07) is 9.01. The van der Waals surface area contributed by atoms with Gasteiger partial charge in [-0.15, -0.1) is 0 Å². The zero-order chi connectivity index (χ0) is 14.9. The van der Waals surface area contributed by atoms with E-state index in [0.717, 1.165) is 17.6 Å². The van der Waals surface area contributed by atoms with E-state index in [2.05, 4.69) is 77.8 Å². The topological polar surface area (TPSA) is 30.3 Å². The number of halogens is 1. The molecule has 1 aromatic rings. The Balaban J connectivity index is 2.37. The minimum absolute atomic E-state index is 0.107. The number of nitrogens with zero attached hydrogens (tertiary/aromatic N) is 3. The third-order valence-electron chi connectivity index (χ3n) is 4.26. The summed E-state index contributed by atoms with van der Waals surface area (Å²) in [7, 11) is 2.14. The number of rotatable bonds is 2. The van der Waals surface area contributed by atoms with Crippen LogP contribution in [0.15, 0.2) is 22.7 Å². The maximum absolute atomic E-state index is 9.11. The van der Waals surface area contributed by atoms with Crippen molar-refractivity contribution in [1.82, 2.24) is 4.90 Å². The zero-order valence-corrected chi connectivity index (χ0v) is 14.2. The van der Waals surface area contributed by atoms with Crippen LogP contribution in [0.4, 0.5) is 5.69 Å². The summed E-state index contributed by atoms with van der Waals surface area (Å²) in [6.45, 7) is 8.45. The Hall–Kier alpha value is -1.05. The predicted molar refractivity (Wildman–Crippen MR) is 87.0 cm³/mol. The van der Waals surface area contributed by atoms with Gasteiger partial charge in [0.2, 0.25) is 0 Å². The summed E-state index contributed by atoms with van der Waals surface area (Å²) in [5.41, 5.74) is 2.54. The normalized spacial score (nSPS) is 22.6. The molecule has 1 fully saturated rings. The van der Waals surface area contributed by atoms with Crippen LogP contribution in [0, 0.1) is 18.3 Å². The van der Waals surface area contributed by atoms with Crippen molar-refractivity contribution in [1.29, 1.82) is 5.26 Å². The summed E-state index contributed by atoms with van der Waals surface area (Å²) >= 11 is 3.68. The molecule has 0 radical (unpaired) electrons. The van der Waals surface area contributed by atoms with E-state index in [1.165, 1.54) is 11.3 Å². The number of likely N-dealkylation sites (N-methyl/N-ethyl adjacent to an activating group) is 1. The van der Waals surface area contributed by atoms with Crippen molar-refractivity contribution in [3.8, 4) is 6.07 Å². The van der Waals surface area contributed by atoms with Crippen molar-refractivity contribution in [2.24, 2.45) is 0 Å². The first kappa shape index (κ1) is 15.3. The van der Waals surface area contributed by atoms with Gasteiger partial charge in [-0.3, -0.25) is 4.90 Å². The van der Waals surface area contributed by atoms with Gasteiger partial charge in [0, 0.05) is 23.1 Å². The second kappa shape index (κ2) is 5.75. The van der Waals surface area contributed by atoms with Gasteiger partial charge < -0.3 is 4.90 Å². The summed E-state index contributed by atoms with van der Waals surface area (Å²) in [5, 5.41) is 9.11. The number of aryl methyl sites for hydroxylation is 1. The highest BCUT2D eigenvalue weighted by atomic mass is 79.9. The Morgan fingerprint density at radius 2 is 2.15 bits per heavy atom. The second-order valence-electron chi connectivity index (χ2n) is 6.29. The summed E-state index contributed by atoms with van der Waals surface area (Å²) in [4.78, 5) is 4.74. The fourth-order valence-electron chi connectivity index (χ4n) is 2.74. The molecular formula is C16H22BrN3. The Bertz CT molecular complexity index is 533. The largest absolute Gasteiger partial charge is 0.363 e. The Labute approximate surface area is 130 Å². The Morgan fingerprint density at radius 1 is 1.45 bits per heavy atom. The molecule has 108 valence electrons. The van der Waals surface area contributed by atoms with Crippen molar-refractivity contribution in [3.05, 3.63) is 28.2 Å². The second-order valence-corrected chi connectivity index (χ2v) is 7.15. The van der Waals surface area contributed by atoms with Gasteiger partial charge in [-0.1, -0.05) is 6.07 Å². The van der Waals surface area contributed by atoms with Gasteiger partial charge in [0.1, 0.15) is 0 Å². The molecule has 3 nitrogen and oxygen atoms in total. The molecule has 2 rings (SSSR count). The SMILES string of the molecule is Cc1ccc(N2CC(C)(C)N(C)CC2CC#N)c(Br)c1. The molecule has 0 aromatic heterocycles. The monoisotopic (exact) mass is 335 g/mol. The lowest BCUT2D eigenvalue weighted by Gasteiger charge is -2.50. The molecule has 0 amide bonds. The molecule has 0 N–H and O–H groups in total. The summed E-state index contributed by atoms with van der Waals surface area (Å²) < 4.78 is 1.11. The molecule has 1 heterocycles. The molecule has 0 aliphatic carbocycles. The third-order valence-corrected chi connectivity index (χ3v) is 4.89. The molecule has 1 aliphatic rings. The zero-order valence-electron chi connectivity index (χ0n) is 12.7. The van der Waals surface area contributed by atoms with E-state index in [0.29, 0.717) is 6.42 Å². The van der Waals surface area contributed by atoms with Crippen LogP contribution in [0.5, 0.6) is 0 Å². The number of hydrogen-bond acceptors (Lipinski definition) is 3. The molecule has 1 atom stereocenters. The van der Waals surface area contributed by atoms with Gasteiger partial charge in [-0.05, 0) is 61.4 Å². The molecular weight excluding hydrogens is 314 g/mol. The van der Waals surface area contributed by atoms with E-state index in [1.807, 2.05) is 0 Å². The lowest BCUT2D eigenvalue weighted by Crippen LogP contribution is -2.62. The van der Waals surface area contributed by atoms with Crippen LogP contribution >= 0.6 is 15.9 Å². The fourth-order valence-corrected chi connectivity index (χ4v) is 3.46. The lowest BCUT2D eigenvalue weighted by atomic mass is 9.94. The van der Waals surface area contributed by atoms with Gasteiger partial charge in [-0.2, -0.15) is 5.26 Å². The molecule has 20 heavy (non-hydrogen) atoms. The first-order chi connectivity index (χ1) is 9.35. The maximum atomic E-state index is 9.11. The minimum atomic E-state index is 0.107. The fraction of sp³-hybridized carbons (Fsp3) is 0.562. The first-order valence-corrected chi connectivity index (χ1v) is 7.75. The third kappa shape index (κ3) is 2.99. The number of hydrogen-bond donors (Lipinski definition) is 0. The molecule has 1 aliphatic heterocycles. The highest BCUT2D eigenvalue weighted by Gasteiger charge is 2.37. The molecule has 0 saturated carbocycles. The smallest absolute Gasteiger partial charge is 0.0643 e. The van der Waals surface area contributed by atoms with Crippen molar-refractivity contribution in [3.63, 3.8) is 0 Å². The molecule has 1 aromatic carbocycles. The van der Waals surface area contributed by atoms with Gasteiger partial charge in [0.05, 0.1) is 24.2 Å². The van der Waals surface area contributed by atoms with Crippen molar-refractivity contribution in [2.75, 3.05) is 25.0 Å². The van der Waals surface area contributed by atoms with Crippen LogP contribution in [0.25, 0.3) is 0 Å². The van der Waals surface area contributed by atoms with Gasteiger partial charge in [-0.25, -0.2) is 0 Å². The van der Waals surface area contributed by atoms with Crippen molar-refractivity contribution < 1.29 is 0 Å². The van der Waals surface area contributed by atoms with E-state index in [-0.39, 0.29) is 11.6 Å². The first-order valence-electron chi connectivity index (χ1n) is 6.96. The van der Waals surface area contributed by atoms with Crippen molar-refractivity contribution in [2.45, 2.75) is 38.8 Å². The Kier molecular flexibility index (Phi) is 4.41. The molecule has 0 spiro atoms. The summed E-state index contributed by atoms with van der Waals surface area (Å²) in [6.07, 6.45) is 0.556. The van der Waals surface area contributed by atoms with E-state index in [9.17, 15) is 0 Å². The van der Waals surface area contributed by atoms with E-state index >= 15 is 0 Å². The summed E-state index contributed by atoms with van der Waals surface area (Å²) in [5.74, 6) is 0. The van der Waals surface area contributed by atoms with Crippen LogP contribution in [-0.2, 0) is 0 Å². The van der Waals surface area contributed by atoms with Crippen LogP contribution < -0.4 is 4.90 Å². The van der Waals surface area contributed by atoms with Crippen LogP contribution in [0.3, 0.4) is 0 Å². The number of piperazine rings is 1. The number of nitriles is 1. The quantitative estimate of drug-likeness (QED) is 0.827. The number of anilines is 1. The predicted octanol–water partition coefficient (Wildman–Crippen LogP) is 3.57. The molecule has 4 heteroatoms. The van der Waals surface area contributed by atoms with Crippen molar-refractivity contribution >= 4 is 21.6 Å². The van der Waals surface area contributed by atoms with E-state index in [1.54, 1.807) is 0 Å². The number of benzene rings is 1. The van der Waals surface area contributed by atoms with Crippen LogP contribution in [0.1, 0.15) is 25.8 Å². The lowest BCUT2D eigenvalue weighted by molar-refractivity contribution is 0.115. The molecule has 1 unspecified atom stereocenters. The standard InChI is InChI=1S/C16H22BrN3/c1-12-5-6-15(14(17)9-12)20-11-16(2,3)19(4)10-13(20)7-8-18/h5-6,9,13H,7,10-11H2,1-4H3. The average Bonchev–Trinajstić information content (AvgIpc) is 2.34. The highest BCUT2D eigenvalue weighted by molar-refractivity contribution is 9.10. The van der Waals surface area contributed by atoms with E-state index < -0.39 is 0 Å². The molecule has 1 saturated heterocycles. The minimum Gasteiger partial charge on any atom is -0.363 e. The van der Waals surface area contributed by atoms with Gasteiger partial charge in [0.15, 0.2) is 0 Å².